The van der Waals surface area contributed by atoms with E-state index in [1.807, 2.05) is 37.3 Å². The first kappa shape index (κ1) is 54.7. The number of hydrogen-bond acceptors (Lipinski definition) is 15. The van der Waals surface area contributed by atoms with Gasteiger partial charge in [-0.3, -0.25) is 33.7 Å². The first-order chi connectivity index (χ1) is 34.5. The Balaban J connectivity index is 0.790. The van der Waals surface area contributed by atoms with Crippen molar-refractivity contribution < 1.29 is 76.2 Å². The molecule has 390 valence electrons. The molecule has 0 radical (unpaired) electrons. The highest BCUT2D eigenvalue weighted by Gasteiger charge is 2.70. The smallest absolute Gasteiger partial charge is 0.253 e. The van der Waals surface area contributed by atoms with Crippen molar-refractivity contribution >= 4 is 52.6 Å². The summed E-state index contributed by atoms with van der Waals surface area (Å²) in [7, 11) is 0. The number of halogens is 2. The van der Waals surface area contributed by atoms with E-state index in [-0.39, 0.29) is 82.4 Å². The largest absolute Gasteiger partial charge is 0.390 e. The molecule has 4 amide bonds. The summed E-state index contributed by atoms with van der Waals surface area (Å²) in [6.45, 7) is 5.31. The Labute approximate surface area is 421 Å². The first-order valence-electron chi connectivity index (χ1n) is 24.2. The molecular formula is C52H63F2N3O14S. The fraction of sp³-hybridized carbons (Fsp3) is 0.538. The molecule has 1 saturated heterocycles. The van der Waals surface area contributed by atoms with Crippen molar-refractivity contribution in [1.29, 1.82) is 0 Å². The van der Waals surface area contributed by atoms with Crippen LogP contribution in [0.15, 0.2) is 94.3 Å². The predicted molar refractivity (Wildman–Crippen MR) is 257 cm³/mol. The molecule has 0 spiro atoms. The fourth-order valence-corrected chi connectivity index (χ4v) is 11.2. The Morgan fingerprint density at radius 2 is 1.50 bits per heavy atom. The Bertz CT molecular complexity index is 2370. The van der Waals surface area contributed by atoms with Gasteiger partial charge in [0.2, 0.25) is 11.8 Å². The zero-order chi connectivity index (χ0) is 51.5. The number of hydrogen-bond donors (Lipinski definition) is 4. The standard InChI is InChI=1S/C52H63F2N3O14S/c1-50-30-44(61)52(54)39(28-41(53)40-27-35(59)12-15-51(40,52)2)38(50)29-43(42(60)31-58)71-49(70-32-50)33-6-8-36(9-7-33)72-37-5-3-4-34(26-37)56-46(63)14-18-66-20-22-68-24-25-69-23-21-67-19-16-55-45(62)13-17-57-47(64)10-11-48(57)65/h3-12,15,26-27,38-39,41,43-44,49,58,61H,13-14,16-25,28-32H2,1-2H3,(H,55,62)(H,56,63)/t38-,39-,41-,43+,44-,49-,50+,51-,52-/m0/s1. The van der Waals surface area contributed by atoms with Gasteiger partial charge in [0.05, 0.1) is 72.0 Å². The zero-order valence-electron chi connectivity index (χ0n) is 40.4. The van der Waals surface area contributed by atoms with Crippen LogP contribution in [0.4, 0.5) is 14.5 Å². The van der Waals surface area contributed by atoms with Gasteiger partial charge in [-0.1, -0.05) is 43.0 Å². The highest BCUT2D eigenvalue weighted by molar-refractivity contribution is 7.99. The molecular weight excluding hydrogens is 961 g/mol. The topological polar surface area (TPSA) is 226 Å². The van der Waals surface area contributed by atoms with Gasteiger partial charge in [0.1, 0.15) is 18.9 Å². The van der Waals surface area contributed by atoms with Crippen LogP contribution in [-0.2, 0) is 57.2 Å². The summed E-state index contributed by atoms with van der Waals surface area (Å²) < 4.78 is 68.3. The second kappa shape index (κ2) is 24.8. The molecule has 72 heavy (non-hydrogen) atoms. The van der Waals surface area contributed by atoms with E-state index < -0.39 is 83.0 Å². The van der Waals surface area contributed by atoms with E-state index in [4.69, 9.17) is 28.4 Å². The summed E-state index contributed by atoms with van der Waals surface area (Å²) in [5, 5.41) is 27.2. The van der Waals surface area contributed by atoms with E-state index in [9.17, 15) is 39.0 Å². The van der Waals surface area contributed by atoms with Gasteiger partial charge in [0.15, 0.2) is 23.5 Å². The van der Waals surface area contributed by atoms with E-state index in [1.165, 1.54) is 43.0 Å². The number of anilines is 1. The van der Waals surface area contributed by atoms with Gasteiger partial charge in [-0.05, 0) is 85.6 Å². The Hall–Kier alpha value is -5.03. The number of aliphatic hydroxyl groups is 2. The van der Waals surface area contributed by atoms with Crippen molar-refractivity contribution in [2.45, 2.75) is 86.1 Å². The molecule has 3 aliphatic carbocycles. The third kappa shape index (κ3) is 13.0. The maximum atomic E-state index is 17.7. The number of ketones is 2. The molecule has 20 heteroatoms. The molecule has 0 aromatic heterocycles. The normalized spacial score (nSPS) is 28.9. The van der Waals surface area contributed by atoms with Crippen molar-refractivity contribution in [2.75, 3.05) is 84.5 Å². The van der Waals surface area contributed by atoms with Crippen molar-refractivity contribution in [1.82, 2.24) is 10.2 Å². The maximum Gasteiger partial charge on any atom is 0.253 e. The van der Waals surface area contributed by atoms with E-state index in [1.54, 1.807) is 18.2 Å². The SMILES string of the molecule is C[C@@]12CO[C@H](c3ccc(Sc4cccc(NC(=O)CCOCCOCCOCCOCCNC(=O)CCN5C(=O)C=CC5=O)c4)cc3)O[C@@H](C(=O)CO)C[C@H]1[C@@H]1C[C@H](F)C3=CC(=O)C=C[C@]3(C)[C@@]1(F)[C@@H](O)C2. The second-order valence-electron chi connectivity index (χ2n) is 18.9. The lowest BCUT2D eigenvalue weighted by atomic mass is 9.44. The van der Waals surface area contributed by atoms with Gasteiger partial charge >= 0.3 is 0 Å². The van der Waals surface area contributed by atoms with E-state index in [0.29, 0.717) is 50.9 Å². The predicted octanol–water partition coefficient (Wildman–Crippen LogP) is 4.55. The number of nitrogens with zero attached hydrogens (tertiary/aromatic N) is 1. The number of carbonyl (C=O) groups is 6. The summed E-state index contributed by atoms with van der Waals surface area (Å²) in [4.78, 5) is 75.9. The van der Waals surface area contributed by atoms with Crippen LogP contribution < -0.4 is 10.6 Å². The summed E-state index contributed by atoms with van der Waals surface area (Å²) in [6, 6.07) is 14.7. The Morgan fingerprint density at radius 3 is 2.18 bits per heavy atom. The monoisotopic (exact) mass is 1020 g/mol. The molecule has 2 aliphatic heterocycles. The molecule has 4 N–H and O–H groups in total. The molecule has 7 rings (SSSR count). The lowest BCUT2D eigenvalue weighted by Crippen LogP contribution is -2.69. The van der Waals surface area contributed by atoms with Gasteiger partial charge in [-0.2, -0.15) is 0 Å². The van der Waals surface area contributed by atoms with Crippen LogP contribution in [-0.4, -0.2) is 154 Å². The quantitative estimate of drug-likeness (QED) is 0.0836. The van der Waals surface area contributed by atoms with Gasteiger partial charge < -0.3 is 49.3 Å². The van der Waals surface area contributed by atoms with Gasteiger partial charge in [-0.25, -0.2) is 8.78 Å². The average molecular weight is 1020 g/mol. The van der Waals surface area contributed by atoms with Crippen molar-refractivity contribution in [3.8, 4) is 0 Å². The van der Waals surface area contributed by atoms with Crippen molar-refractivity contribution in [2.24, 2.45) is 22.7 Å². The van der Waals surface area contributed by atoms with Crippen LogP contribution in [0, 0.1) is 22.7 Å². The second-order valence-corrected chi connectivity index (χ2v) is 20.1. The van der Waals surface area contributed by atoms with Crippen LogP contribution in [0.2, 0.25) is 0 Å². The number of amides is 4. The molecule has 5 aliphatic rings. The molecule has 2 aromatic carbocycles. The molecule has 2 aromatic rings. The number of alkyl halides is 2. The maximum absolute atomic E-state index is 17.7. The van der Waals surface area contributed by atoms with E-state index in [0.717, 1.165) is 20.8 Å². The summed E-state index contributed by atoms with van der Waals surface area (Å²) in [5.41, 5.74) is -3.66. The molecule has 0 unspecified atom stereocenters. The number of aliphatic hydroxyl groups excluding tert-OH is 2. The number of nitrogens with one attached hydrogen (secondary N) is 2. The number of rotatable bonds is 24. The number of carbonyl (C=O) groups excluding carboxylic acids is 6. The Morgan fingerprint density at radius 1 is 0.833 bits per heavy atom. The number of benzene rings is 2. The first-order valence-corrected chi connectivity index (χ1v) is 25.0. The van der Waals surface area contributed by atoms with Crippen LogP contribution >= 0.6 is 11.8 Å². The summed E-state index contributed by atoms with van der Waals surface area (Å²) in [5.74, 6) is -4.17. The summed E-state index contributed by atoms with van der Waals surface area (Å²) in [6.07, 6.45) is 0.376. The fourth-order valence-electron chi connectivity index (χ4n) is 10.3. The minimum atomic E-state index is -2.35. The van der Waals surface area contributed by atoms with Crippen molar-refractivity contribution in [3.05, 3.63) is 90.0 Å². The van der Waals surface area contributed by atoms with Gasteiger partial charge in [0.25, 0.3) is 11.8 Å². The highest BCUT2D eigenvalue weighted by Crippen LogP contribution is 2.66. The van der Waals surface area contributed by atoms with Gasteiger partial charge in [0, 0.05) is 64.0 Å². The highest BCUT2D eigenvalue weighted by atomic mass is 32.2. The minimum absolute atomic E-state index is 0.00354. The van der Waals surface area contributed by atoms with E-state index in [2.05, 4.69) is 10.6 Å². The third-order valence-electron chi connectivity index (χ3n) is 14.1. The van der Waals surface area contributed by atoms with Crippen LogP contribution in [0.25, 0.3) is 0 Å². The minimum Gasteiger partial charge on any atom is -0.390 e. The molecule has 3 fully saturated rings. The number of allylic oxidation sites excluding steroid dienone is 4. The van der Waals surface area contributed by atoms with Crippen LogP contribution in [0.3, 0.4) is 0 Å². The lowest BCUT2D eigenvalue weighted by molar-refractivity contribution is -0.262. The number of fused-ring (bicyclic) bond motifs is 5. The van der Waals surface area contributed by atoms with Crippen LogP contribution in [0.5, 0.6) is 0 Å². The van der Waals surface area contributed by atoms with Gasteiger partial charge in [-0.15, -0.1) is 0 Å². The Kier molecular flexibility index (Phi) is 18.9. The number of ether oxygens (including phenoxy) is 6. The lowest BCUT2D eigenvalue weighted by Gasteiger charge is -2.63. The molecule has 9 atom stereocenters. The molecule has 2 saturated carbocycles. The van der Waals surface area contributed by atoms with E-state index >= 15 is 8.78 Å². The third-order valence-corrected chi connectivity index (χ3v) is 15.1. The van der Waals surface area contributed by atoms with Crippen molar-refractivity contribution in [3.63, 3.8) is 0 Å². The number of Topliss-reactive ketones (excluding diaryl/α,β-unsaturated/α-hetero) is 1. The number of imide groups is 1. The average Bonchev–Trinajstić information content (AvgIpc) is 3.68. The molecule has 2 heterocycles. The molecule has 17 nitrogen and oxygen atoms in total. The van der Waals surface area contributed by atoms with Crippen LogP contribution in [0.1, 0.15) is 57.8 Å². The molecule has 0 bridgehead atoms. The summed E-state index contributed by atoms with van der Waals surface area (Å²) >= 11 is 1.45. The zero-order valence-corrected chi connectivity index (χ0v) is 41.2.